The van der Waals surface area contributed by atoms with Crippen molar-refractivity contribution < 1.29 is 14.3 Å². The molecule has 0 unspecified atom stereocenters. The molecule has 0 aliphatic carbocycles. The number of hydrogen-bond donors (Lipinski definition) is 2. The molecule has 0 radical (unpaired) electrons. The van der Waals surface area contributed by atoms with E-state index >= 15 is 0 Å². The summed E-state index contributed by atoms with van der Waals surface area (Å²) in [6.07, 6.45) is 0. The molecule has 0 spiro atoms. The number of rotatable bonds is 5. The molecule has 6 heteroatoms. The molecule has 0 aliphatic rings. The maximum absolute atomic E-state index is 12.9. The number of nitrogens with one attached hydrogen (secondary N) is 2. The minimum atomic E-state index is -0.549. The highest BCUT2D eigenvalue weighted by atomic mass is 79.9. The van der Waals surface area contributed by atoms with Gasteiger partial charge in [0.2, 0.25) is 5.91 Å². The number of ether oxygens (including phenoxy) is 1. The average Bonchev–Trinajstić information content (AvgIpc) is 2.73. The minimum absolute atomic E-state index is 0.313. The fourth-order valence-electron chi connectivity index (χ4n) is 2.90. The lowest BCUT2D eigenvalue weighted by molar-refractivity contribution is -0.122. The molecule has 0 saturated carbocycles. The molecule has 0 aliphatic heterocycles. The van der Waals surface area contributed by atoms with Crippen LogP contribution in [-0.4, -0.2) is 18.9 Å². The van der Waals surface area contributed by atoms with Crippen molar-refractivity contribution in [2.45, 2.75) is 5.92 Å². The van der Waals surface area contributed by atoms with Crippen molar-refractivity contribution in [3.05, 3.63) is 100 Å². The molecular weight excluding hydrogens is 420 g/mol. The van der Waals surface area contributed by atoms with E-state index in [1.807, 2.05) is 60.7 Å². The summed E-state index contributed by atoms with van der Waals surface area (Å²) in [5.74, 6) is -0.934. The summed E-state index contributed by atoms with van der Waals surface area (Å²) in [6.45, 7) is 0. The minimum Gasteiger partial charge on any atom is -0.496 e. The number of hydrogen-bond acceptors (Lipinski definition) is 3. The normalized spacial score (nSPS) is 10.4. The molecule has 3 aromatic carbocycles. The van der Waals surface area contributed by atoms with Gasteiger partial charge >= 0.3 is 0 Å². The highest BCUT2D eigenvalue weighted by molar-refractivity contribution is 9.10. The molecule has 0 atom stereocenters. The van der Waals surface area contributed by atoms with Crippen LogP contribution >= 0.6 is 15.9 Å². The lowest BCUT2D eigenvalue weighted by Crippen LogP contribution is -2.44. The number of carbonyl (C=O) groups is 2. The van der Waals surface area contributed by atoms with Crippen LogP contribution in [-0.2, 0) is 4.79 Å². The van der Waals surface area contributed by atoms with E-state index in [1.54, 1.807) is 18.2 Å². The first-order chi connectivity index (χ1) is 13.6. The Hall–Kier alpha value is -3.12. The van der Waals surface area contributed by atoms with Crippen molar-refractivity contribution in [3.63, 3.8) is 0 Å². The summed E-state index contributed by atoms with van der Waals surface area (Å²) < 4.78 is 5.95. The number of methoxy groups -OCH3 is 1. The highest BCUT2D eigenvalue weighted by Gasteiger charge is 2.23. The van der Waals surface area contributed by atoms with E-state index in [4.69, 9.17) is 4.74 Å². The van der Waals surface area contributed by atoms with Crippen LogP contribution in [0.25, 0.3) is 0 Å². The summed E-state index contributed by atoms with van der Waals surface area (Å²) in [7, 11) is 1.49. The maximum atomic E-state index is 12.9. The predicted octanol–water partition coefficient (Wildman–Crippen LogP) is 4.05. The molecular formula is C22H19BrN2O3. The molecule has 2 N–H and O–H groups in total. The summed E-state index contributed by atoms with van der Waals surface area (Å²) >= 11 is 3.34. The molecule has 0 saturated heterocycles. The molecule has 0 bridgehead atoms. The van der Waals surface area contributed by atoms with Crippen LogP contribution in [0.15, 0.2) is 83.3 Å². The molecule has 0 heterocycles. The van der Waals surface area contributed by atoms with Crippen molar-refractivity contribution in [1.82, 2.24) is 10.9 Å². The summed E-state index contributed by atoms with van der Waals surface area (Å²) in [5.41, 5.74) is 7.00. The number of amides is 2. The van der Waals surface area contributed by atoms with Crippen molar-refractivity contribution in [3.8, 4) is 5.75 Å². The molecule has 2 amide bonds. The average molecular weight is 439 g/mol. The standard InChI is InChI=1S/C22H19BrN2O3/c1-28-19-13-12-17(23)14-18(19)21(26)24-25-22(27)20(15-8-4-2-5-9-15)16-10-6-3-7-11-16/h2-14,20H,1H3,(H,24,26)(H,25,27). The quantitative estimate of drug-likeness (QED) is 0.590. The van der Waals surface area contributed by atoms with E-state index < -0.39 is 11.8 Å². The van der Waals surface area contributed by atoms with E-state index in [2.05, 4.69) is 26.8 Å². The Morgan fingerprint density at radius 3 is 1.96 bits per heavy atom. The van der Waals surface area contributed by atoms with Gasteiger partial charge in [0.15, 0.2) is 0 Å². The summed E-state index contributed by atoms with van der Waals surface area (Å²) in [6, 6.07) is 23.9. The van der Waals surface area contributed by atoms with Crippen molar-refractivity contribution in [2.75, 3.05) is 7.11 Å². The zero-order valence-electron chi connectivity index (χ0n) is 15.2. The third kappa shape index (κ3) is 4.58. The van der Waals surface area contributed by atoms with Crippen LogP contribution in [0.3, 0.4) is 0 Å². The van der Waals surface area contributed by atoms with Gasteiger partial charge in [-0.15, -0.1) is 0 Å². The Morgan fingerprint density at radius 2 is 1.43 bits per heavy atom. The van der Waals surface area contributed by atoms with Crippen LogP contribution in [0.1, 0.15) is 27.4 Å². The van der Waals surface area contributed by atoms with E-state index in [9.17, 15) is 9.59 Å². The van der Waals surface area contributed by atoms with E-state index in [0.29, 0.717) is 11.3 Å². The van der Waals surface area contributed by atoms with Crippen LogP contribution in [0.2, 0.25) is 0 Å². The Bertz CT molecular complexity index is 923. The van der Waals surface area contributed by atoms with Gasteiger partial charge in [-0.3, -0.25) is 20.4 Å². The van der Waals surface area contributed by atoms with E-state index in [-0.39, 0.29) is 5.91 Å². The van der Waals surface area contributed by atoms with Crippen LogP contribution in [0.4, 0.5) is 0 Å². The second-order valence-electron chi connectivity index (χ2n) is 6.04. The SMILES string of the molecule is COc1ccc(Br)cc1C(=O)NNC(=O)C(c1ccccc1)c1ccccc1. The van der Waals surface area contributed by atoms with E-state index in [0.717, 1.165) is 15.6 Å². The first-order valence-corrected chi connectivity index (χ1v) is 9.43. The molecule has 28 heavy (non-hydrogen) atoms. The van der Waals surface area contributed by atoms with Gasteiger partial charge in [-0.05, 0) is 29.3 Å². The van der Waals surface area contributed by atoms with Crippen molar-refractivity contribution in [1.29, 1.82) is 0 Å². The Morgan fingerprint density at radius 1 is 0.857 bits per heavy atom. The smallest absolute Gasteiger partial charge is 0.273 e. The van der Waals surface area contributed by atoms with Crippen LogP contribution < -0.4 is 15.6 Å². The topological polar surface area (TPSA) is 67.4 Å². The molecule has 3 aromatic rings. The van der Waals surface area contributed by atoms with Gasteiger partial charge in [0, 0.05) is 4.47 Å². The van der Waals surface area contributed by atoms with Gasteiger partial charge in [-0.2, -0.15) is 0 Å². The van der Waals surface area contributed by atoms with Crippen LogP contribution in [0, 0.1) is 0 Å². The van der Waals surface area contributed by atoms with Gasteiger partial charge in [0.25, 0.3) is 5.91 Å². The van der Waals surface area contributed by atoms with Gasteiger partial charge < -0.3 is 4.74 Å². The first-order valence-electron chi connectivity index (χ1n) is 8.64. The number of carbonyl (C=O) groups excluding carboxylic acids is 2. The zero-order chi connectivity index (χ0) is 19.9. The molecule has 0 fully saturated rings. The van der Waals surface area contributed by atoms with Crippen LogP contribution in [0.5, 0.6) is 5.75 Å². The largest absolute Gasteiger partial charge is 0.496 e. The Kier molecular flexibility index (Phi) is 6.45. The summed E-state index contributed by atoms with van der Waals surface area (Å²) in [4.78, 5) is 25.5. The third-order valence-electron chi connectivity index (χ3n) is 4.23. The Labute approximate surface area is 171 Å². The van der Waals surface area contributed by atoms with Gasteiger partial charge in [0.1, 0.15) is 5.75 Å². The van der Waals surface area contributed by atoms with E-state index in [1.165, 1.54) is 7.11 Å². The lowest BCUT2D eigenvalue weighted by Gasteiger charge is -2.18. The molecule has 142 valence electrons. The fraction of sp³-hybridized carbons (Fsp3) is 0.0909. The lowest BCUT2D eigenvalue weighted by atomic mass is 9.91. The van der Waals surface area contributed by atoms with Crippen molar-refractivity contribution >= 4 is 27.7 Å². The molecule has 5 nitrogen and oxygen atoms in total. The number of halogens is 1. The molecule has 3 rings (SSSR count). The van der Waals surface area contributed by atoms with Gasteiger partial charge in [-0.1, -0.05) is 76.6 Å². The third-order valence-corrected chi connectivity index (χ3v) is 4.73. The second kappa shape index (κ2) is 9.19. The Balaban J connectivity index is 1.80. The fourth-order valence-corrected chi connectivity index (χ4v) is 3.26. The number of benzene rings is 3. The van der Waals surface area contributed by atoms with Gasteiger partial charge in [-0.25, -0.2) is 0 Å². The summed E-state index contributed by atoms with van der Waals surface area (Å²) in [5, 5.41) is 0. The molecule has 0 aromatic heterocycles. The van der Waals surface area contributed by atoms with Crippen molar-refractivity contribution in [2.24, 2.45) is 0 Å². The second-order valence-corrected chi connectivity index (χ2v) is 6.96. The highest BCUT2D eigenvalue weighted by Crippen LogP contribution is 2.25. The first kappa shape index (κ1) is 19.6. The monoisotopic (exact) mass is 438 g/mol. The van der Waals surface area contributed by atoms with Gasteiger partial charge in [0.05, 0.1) is 18.6 Å². The maximum Gasteiger partial charge on any atom is 0.273 e. The predicted molar refractivity (Wildman–Crippen MR) is 111 cm³/mol. The number of hydrazine groups is 1. The zero-order valence-corrected chi connectivity index (χ0v) is 16.8.